The molecule has 1 aliphatic rings. The van der Waals surface area contributed by atoms with Crippen molar-refractivity contribution >= 4 is 12.6 Å². The van der Waals surface area contributed by atoms with Crippen molar-refractivity contribution in [3.63, 3.8) is 0 Å². The largest absolute Gasteiger partial charge is 0.466 e. The molecule has 0 aromatic rings. The first-order chi connectivity index (χ1) is 5.91. The molecule has 0 aromatic carbocycles. The molecule has 1 heterocycles. The van der Waals surface area contributed by atoms with E-state index < -0.39 is 0 Å². The van der Waals surface area contributed by atoms with Gasteiger partial charge in [0.25, 0.3) is 0 Å². The summed E-state index contributed by atoms with van der Waals surface area (Å²) in [7, 11) is 0. The van der Waals surface area contributed by atoms with Crippen LogP contribution in [0.25, 0.3) is 0 Å². The fourth-order valence-corrected chi connectivity index (χ4v) is 0.355. The Balaban J connectivity index is 0.000000202. The summed E-state index contributed by atoms with van der Waals surface area (Å²) in [6, 6.07) is 0. The monoisotopic (exact) mass is 170 g/mol. The van der Waals surface area contributed by atoms with Crippen molar-refractivity contribution in [3.8, 4) is 0 Å². The number of hydrogen-bond acceptors (Lipinski definition) is 4. The molecule has 0 atom stereocenters. The van der Waals surface area contributed by atoms with Crippen molar-refractivity contribution < 1.29 is 19.1 Å². The van der Waals surface area contributed by atoms with Crippen molar-refractivity contribution in [2.75, 3.05) is 0 Å². The molecule has 1 aliphatic heterocycles. The van der Waals surface area contributed by atoms with Gasteiger partial charge >= 0.3 is 0 Å². The van der Waals surface area contributed by atoms with Gasteiger partial charge in [0.1, 0.15) is 37.6 Å². The van der Waals surface area contributed by atoms with E-state index >= 15 is 0 Å². The van der Waals surface area contributed by atoms with Gasteiger partial charge in [0, 0.05) is 12.8 Å². The lowest BCUT2D eigenvalue weighted by Crippen LogP contribution is -1.74. The predicted molar refractivity (Wildman–Crippen MR) is 41.8 cm³/mol. The number of rotatable bonds is 3. The molecule has 0 N–H and O–H groups in total. The van der Waals surface area contributed by atoms with Crippen LogP contribution < -0.4 is 0 Å². The summed E-state index contributed by atoms with van der Waals surface area (Å²) in [6.45, 7) is 0. The van der Waals surface area contributed by atoms with E-state index in [0.29, 0.717) is 12.8 Å². The van der Waals surface area contributed by atoms with E-state index in [1.165, 1.54) is 25.0 Å². The van der Waals surface area contributed by atoms with Crippen LogP contribution >= 0.6 is 0 Å². The molecule has 0 fully saturated rings. The lowest BCUT2D eigenvalue weighted by molar-refractivity contribution is -0.112. The minimum absolute atomic E-state index is 0.365. The third kappa shape index (κ3) is 8.42. The van der Waals surface area contributed by atoms with E-state index in [-0.39, 0.29) is 0 Å². The smallest absolute Gasteiger partial charge is 0.125 e. The van der Waals surface area contributed by atoms with Crippen molar-refractivity contribution in [1.29, 1.82) is 0 Å². The van der Waals surface area contributed by atoms with E-state index in [2.05, 4.69) is 9.47 Å². The van der Waals surface area contributed by atoms with Gasteiger partial charge in [-0.25, -0.2) is 0 Å². The quantitative estimate of drug-likeness (QED) is 0.470. The van der Waals surface area contributed by atoms with Gasteiger partial charge < -0.3 is 19.1 Å². The number of aldehydes is 2. The van der Waals surface area contributed by atoms with E-state index in [1.54, 1.807) is 0 Å². The van der Waals surface area contributed by atoms with Crippen molar-refractivity contribution in [3.05, 3.63) is 25.0 Å². The van der Waals surface area contributed by atoms with Gasteiger partial charge in [-0.2, -0.15) is 0 Å². The van der Waals surface area contributed by atoms with Crippen LogP contribution in [0.2, 0.25) is 0 Å². The topological polar surface area (TPSA) is 52.6 Å². The summed E-state index contributed by atoms with van der Waals surface area (Å²) in [5, 5.41) is 0. The van der Waals surface area contributed by atoms with Crippen LogP contribution in [0.1, 0.15) is 12.8 Å². The van der Waals surface area contributed by atoms with Crippen LogP contribution in [0, 0.1) is 0 Å². The van der Waals surface area contributed by atoms with Gasteiger partial charge in [0.2, 0.25) is 0 Å². The number of hydrogen-bond donors (Lipinski definition) is 0. The highest BCUT2D eigenvalue weighted by Crippen LogP contribution is 1.89. The molecule has 66 valence electrons. The van der Waals surface area contributed by atoms with E-state index in [9.17, 15) is 9.59 Å². The summed E-state index contributed by atoms with van der Waals surface area (Å²) in [5.74, 6) is 0. The van der Waals surface area contributed by atoms with Gasteiger partial charge in [-0.15, -0.1) is 0 Å². The number of carbonyl (C=O) groups is 2. The second-order valence-corrected chi connectivity index (χ2v) is 1.73. The van der Waals surface area contributed by atoms with Crippen LogP contribution in [-0.4, -0.2) is 12.6 Å². The van der Waals surface area contributed by atoms with Gasteiger partial charge in [0.15, 0.2) is 0 Å². The molecule has 12 heavy (non-hydrogen) atoms. The fourth-order valence-electron chi connectivity index (χ4n) is 0.355. The summed E-state index contributed by atoms with van der Waals surface area (Å²) in [5.41, 5.74) is 0. The Bertz CT molecular complexity index is 144. The molecule has 0 saturated heterocycles. The zero-order valence-electron chi connectivity index (χ0n) is 6.51. The Morgan fingerprint density at radius 1 is 0.833 bits per heavy atom. The SMILES string of the molecule is C1=COC=CO1.O=CCCC=O. The molecule has 4 nitrogen and oxygen atoms in total. The molecule has 0 aromatic heterocycles. The third-order valence-corrected chi connectivity index (χ3v) is 0.828. The highest BCUT2D eigenvalue weighted by molar-refractivity contribution is 5.58. The molecule has 0 unspecified atom stereocenters. The Hall–Kier alpha value is -1.58. The predicted octanol–water partition coefficient (Wildman–Crippen LogP) is 1.14. The van der Waals surface area contributed by atoms with Crippen LogP contribution in [0.5, 0.6) is 0 Å². The average molecular weight is 170 g/mol. The van der Waals surface area contributed by atoms with Crippen LogP contribution in [0.15, 0.2) is 25.0 Å². The first-order valence-electron chi connectivity index (χ1n) is 3.40. The summed E-state index contributed by atoms with van der Waals surface area (Å²) in [4.78, 5) is 18.8. The molecule has 0 saturated carbocycles. The highest BCUT2D eigenvalue weighted by atomic mass is 16.5. The molecule has 0 bridgehead atoms. The summed E-state index contributed by atoms with van der Waals surface area (Å²) in [6.07, 6.45) is 8.02. The Labute approximate surface area is 70.5 Å². The second kappa shape index (κ2) is 9.42. The maximum absolute atomic E-state index is 9.40. The Morgan fingerprint density at radius 3 is 1.33 bits per heavy atom. The van der Waals surface area contributed by atoms with Gasteiger partial charge in [-0.05, 0) is 0 Å². The summed E-state index contributed by atoms with van der Waals surface area (Å²) >= 11 is 0. The maximum atomic E-state index is 9.40. The van der Waals surface area contributed by atoms with E-state index in [1.807, 2.05) is 0 Å². The lowest BCUT2D eigenvalue weighted by atomic mass is 10.4. The standard InChI is InChI=1S/C4H4O2.C4H6O2/c1-2-6-4-3-5-1;5-3-1-2-4-6/h1-4H;3-4H,1-2H2. The normalized spacial score (nSPS) is 11.7. The first kappa shape index (κ1) is 10.4. The second-order valence-electron chi connectivity index (χ2n) is 1.73. The van der Waals surface area contributed by atoms with Crippen LogP contribution in [-0.2, 0) is 19.1 Å². The first-order valence-corrected chi connectivity index (χ1v) is 3.40. The van der Waals surface area contributed by atoms with Gasteiger partial charge in [-0.1, -0.05) is 0 Å². The van der Waals surface area contributed by atoms with Gasteiger partial charge in [0.05, 0.1) is 0 Å². The number of unbranched alkanes of at least 4 members (excludes halogenated alkanes) is 1. The zero-order valence-corrected chi connectivity index (χ0v) is 6.51. The van der Waals surface area contributed by atoms with E-state index in [0.717, 1.165) is 12.6 Å². The number of carbonyl (C=O) groups excluding carboxylic acids is 2. The molecule has 1 rings (SSSR count). The fraction of sp³-hybridized carbons (Fsp3) is 0.250. The van der Waals surface area contributed by atoms with Crippen LogP contribution in [0.3, 0.4) is 0 Å². The Morgan fingerprint density at radius 2 is 1.17 bits per heavy atom. The van der Waals surface area contributed by atoms with Crippen molar-refractivity contribution in [2.45, 2.75) is 12.8 Å². The van der Waals surface area contributed by atoms with Gasteiger partial charge in [-0.3, -0.25) is 0 Å². The minimum Gasteiger partial charge on any atom is -0.466 e. The maximum Gasteiger partial charge on any atom is 0.125 e. The van der Waals surface area contributed by atoms with E-state index in [4.69, 9.17) is 0 Å². The molecule has 0 amide bonds. The highest BCUT2D eigenvalue weighted by Gasteiger charge is 1.75. The number of ether oxygens (including phenoxy) is 2. The lowest BCUT2D eigenvalue weighted by Gasteiger charge is -1.94. The molecule has 0 radical (unpaired) electrons. The molecule has 0 spiro atoms. The Kier molecular flexibility index (Phi) is 8.18. The van der Waals surface area contributed by atoms with Crippen LogP contribution in [0.4, 0.5) is 0 Å². The zero-order chi connectivity index (χ0) is 9.07. The average Bonchev–Trinajstić information content (AvgIpc) is 2.18. The summed E-state index contributed by atoms with van der Waals surface area (Å²) < 4.78 is 9.17. The molecule has 4 heteroatoms. The van der Waals surface area contributed by atoms with Crippen molar-refractivity contribution in [2.24, 2.45) is 0 Å². The van der Waals surface area contributed by atoms with Crippen molar-refractivity contribution in [1.82, 2.24) is 0 Å². The third-order valence-electron chi connectivity index (χ3n) is 0.828. The minimum atomic E-state index is 0.365. The molecular weight excluding hydrogens is 160 g/mol. The molecule has 0 aliphatic carbocycles. The molecular formula is C8H10O4.